The van der Waals surface area contributed by atoms with Crippen molar-refractivity contribution in [3.63, 3.8) is 0 Å². The molecule has 142 valence electrons. The molecule has 0 bridgehead atoms. The average molecular weight is 391 g/mol. The summed E-state index contributed by atoms with van der Waals surface area (Å²) in [6.45, 7) is 6.36. The number of rotatable bonds is 2. The van der Waals surface area contributed by atoms with Crippen molar-refractivity contribution in [2.45, 2.75) is 39.7 Å². The van der Waals surface area contributed by atoms with E-state index in [1.54, 1.807) is 11.3 Å². The molecular weight excluding hydrogens is 368 g/mol. The lowest BCUT2D eigenvalue weighted by Gasteiger charge is -2.38. The van der Waals surface area contributed by atoms with Crippen LogP contribution in [0, 0.1) is 12.3 Å². The summed E-state index contributed by atoms with van der Waals surface area (Å²) in [5.74, 6) is 1.60. The van der Waals surface area contributed by atoms with Crippen LogP contribution < -0.4 is 5.32 Å². The van der Waals surface area contributed by atoms with Crippen LogP contribution in [0.4, 0.5) is 5.95 Å². The van der Waals surface area contributed by atoms with Gasteiger partial charge in [-0.25, -0.2) is 4.68 Å². The molecule has 2 aromatic heterocycles. The van der Waals surface area contributed by atoms with Gasteiger partial charge in [0.15, 0.2) is 11.6 Å². The molecule has 0 radical (unpaired) electrons. The Kier molecular flexibility index (Phi) is 3.81. The second-order valence-corrected chi connectivity index (χ2v) is 9.40. The summed E-state index contributed by atoms with van der Waals surface area (Å²) in [7, 11) is 0. The van der Waals surface area contributed by atoms with Gasteiger partial charge in [0.1, 0.15) is 6.04 Å². The molecule has 1 aliphatic heterocycles. The normalized spacial score (nSPS) is 20.5. The van der Waals surface area contributed by atoms with Crippen LogP contribution >= 0.6 is 11.3 Å². The van der Waals surface area contributed by atoms with Crippen molar-refractivity contribution in [3.8, 4) is 10.7 Å². The van der Waals surface area contributed by atoms with Gasteiger partial charge in [-0.3, -0.25) is 4.79 Å². The van der Waals surface area contributed by atoms with E-state index in [9.17, 15) is 4.79 Å². The molecule has 5 rings (SSSR count). The first-order chi connectivity index (χ1) is 13.4. The highest BCUT2D eigenvalue weighted by Crippen LogP contribution is 2.45. The first-order valence-corrected chi connectivity index (χ1v) is 10.4. The van der Waals surface area contributed by atoms with Crippen LogP contribution in [-0.2, 0) is 4.79 Å². The number of Topliss-reactive ketones (excluding diaryl/α,β-unsaturated/α-hetero) is 1. The van der Waals surface area contributed by atoms with Gasteiger partial charge in [0.25, 0.3) is 0 Å². The predicted octanol–water partition coefficient (Wildman–Crippen LogP) is 4.97. The maximum Gasteiger partial charge on any atom is 0.226 e. The van der Waals surface area contributed by atoms with E-state index in [4.69, 9.17) is 10.1 Å². The van der Waals surface area contributed by atoms with Crippen LogP contribution in [0.3, 0.4) is 0 Å². The molecule has 1 atom stereocenters. The second kappa shape index (κ2) is 6.14. The van der Waals surface area contributed by atoms with Crippen molar-refractivity contribution >= 4 is 23.1 Å². The Bertz CT molecular complexity index is 1090. The summed E-state index contributed by atoms with van der Waals surface area (Å²) < 4.78 is 1.88. The zero-order valence-electron chi connectivity index (χ0n) is 16.2. The Morgan fingerprint density at radius 2 is 1.96 bits per heavy atom. The van der Waals surface area contributed by atoms with E-state index >= 15 is 0 Å². The van der Waals surface area contributed by atoms with Crippen LogP contribution in [0.25, 0.3) is 10.7 Å². The topological polar surface area (TPSA) is 59.8 Å². The molecule has 3 aromatic rings. The number of nitrogens with zero attached hydrogens (tertiary/aromatic N) is 3. The lowest BCUT2D eigenvalue weighted by molar-refractivity contribution is -0.118. The maximum atomic E-state index is 13.2. The van der Waals surface area contributed by atoms with Gasteiger partial charge < -0.3 is 5.32 Å². The Morgan fingerprint density at radius 3 is 2.68 bits per heavy atom. The highest BCUT2D eigenvalue weighted by Gasteiger charge is 2.41. The summed E-state index contributed by atoms with van der Waals surface area (Å²) in [6, 6.07) is 12.2. The van der Waals surface area contributed by atoms with Gasteiger partial charge in [0.2, 0.25) is 5.95 Å². The number of benzene rings is 1. The average Bonchev–Trinajstić information content (AvgIpc) is 3.29. The molecule has 0 saturated heterocycles. The lowest BCUT2D eigenvalue weighted by Crippen LogP contribution is -2.36. The minimum absolute atomic E-state index is 0.0560. The highest BCUT2D eigenvalue weighted by molar-refractivity contribution is 7.13. The fraction of sp³-hybridized carbons (Fsp3) is 0.318. The smallest absolute Gasteiger partial charge is 0.226 e. The molecular formula is C22H22N4OS. The second-order valence-electron chi connectivity index (χ2n) is 8.45. The van der Waals surface area contributed by atoms with E-state index in [0.29, 0.717) is 18.2 Å². The van der Waals surface area contributed by atoms with Crippen molar-refractivity contribution in [1.29, 1.82) is 0 Å². The third-order valence-electron chi connectivity index (χ3n) is 5.47. The van der Waals surface area contributed by atoms with Crippen molar-refractivity contribution < 1.29 is 4.79 Å². The molecule has 0 spiro atoms. The van der Waals surface area contributed by atoms with Gasteiger partial charge in [-0.1, -0.05) is 49.7 Å². The van der Waals surface area contributed by atoms with E-state index in [2.05, 4.69) is 50.4 Å². The zero-order chi connectivity index (χ0) is 19.5. The molecule has 0 saturated carbocycles. The van der Waals surface area contributed by atoms with E-state index in [1.807, 2.05) is 22.2 Å². The third kappa shape index (κ3) is 2.79. The predicted molar refractivity (Wildman–Crippen MR) is 111 cm³/mol. The molecule has 1 N–H and O–H groups in total. The Morgan fingerprint density at radius 1 is 1.18 bits per heavy atom. The van der Waals surface area contributed by atoms with Gasteiger partial charge in [0, 0.05) is 17.7 Å². The van der Waals surface area contributed by atoms with E-state index in [1.165, 1.54) is 5.56 Å². The summed E-state index contributed by atoms with van der Waals surface area (Å²) in [5.41, 5.74) is 4.03. The Balaban J connectivity index is 1.69. The third-order valence-corrected chi connectivity index (χ3v) is 6.33. The highest BCUT2D eigenvalue weighted by atomic mass is 32.1. The number of carbonyl (C=O) groups excluding carboxylic acids is 1. The van der Waals surface area contributed by atoms with Gasteiger partial charge in [-0.05, 0) is 35.8 Å². The molecule has 6 heteroatoms. The number of fused-ring (bicyclic) bond motifs is 1. The summed E-state index contributed by atoms with van der Waals surface area (Å²) >= 11 is 1.62. The fourth-order valence-electron chi connectivity index (χ4n) is 4.18. The summed E-state index contributed by atoms with van der Waals surface area (Å²) in [4.78, 5) is 19.0. The van der Waals surface area contributed by atoms with Crippen LogP contribution in [0.5, 0.6) is 0 Å². The van der Waals surface area contributed by atoms with Crippen LogP contribution in [-0.4, -0.2) is 20.5 Å². The zero-order valence-corrected chi connectivity index (χ0v) is 17.0. The number of hydrogen-bond acceptors (Lipinski definition) is 5. The number of hydrogen-bond donors (Lipinski definition) is 1. The number of aryl methyl sites for hydroxylation is 1. The van der Waals surface area contributed by atoms with Crippen LogP contribution in [0.1, 0.15) is 43.9 Å². The SMILES string of the molecule is Cc1ccc(C2C3=C(CC(C)(C)CC3=O)Nc3nc(-c4cccs4)nn32)cc1. The number of nitrogens with one attached hydrogen (secondary N) is 1. The van der Waals surface area contributed by atoms with E-state index < -0.39 is 0 Å². The monoisotopic (exact) mass is 390 g/mol. The van der Waals surface area contributed by atoms with Crippen LogP contribution in [0.15, 0.2) is 53.0 Å². The Labute approximate surface area is 168 Å². The van der Waals surface area contributed by atoms with Gasteiger partial charge in [-0.15, -0.1) is 16.4 Å². The molecule has 1 aromatic carbocycles. The quantitative estimate of drug-likeness (QED) is 0.671. The van der Waals surface area contributed by atoms with E-state index in [-0.39, 0.29) is 17.2 Å². The van der Waals surface area contributed by atoms with Crippen molar-refractivity contribution in [1.82, 2.24) is 14.8 Å². The molecule has 5 nitrogen and oxygen atoms in total. The van der Waals surface area contributed by atoms with Crippen molar-refractivity contribution in [3.05, 3.63) is 64.2 Å². The molecule has 0 fully saturated rings. The molecule has 0 amide bonds. The first kappa shape index (κ1) is 17.4. The molecule has 2 aliphatic rings. The summed E-state index contributed by atoms with van der Waals surface area (Å²) in [6.07, 6.45) is 1.38. The number of aromatic nitrogens is 3. The molecule has 3 heterocycles. The number of carbonyl (C=O) groups is 1. The molecule has 28 heavy (non-hydrogen) atoms. The maximum absolute atomic E-state index is 13.2. The number of thiophene rings is 1. The summed E-state index contributed by atoms with van der Waals surface area (Å²) in [5, 5.41) is 10.3. The molecule has 1 unspecified atom stereocenters. The van der Waals surface area contributed by atoms with Gasteiger partial charge >= 0.3 is 0 Å². The fourth-order valence-corrected chi connectivity index (χ4v) is 4.83. The first-order valence-electron chi connectivity index (χ1n) is 9.51. The van der Waals surface area contributed by atoms with Crippen molar-refractivity contribution in [2.75, 3.05) is 5.32 Å². The molecule has 1 aliphatic carbocycles. The standard InChI is InChI=1S/C22H22N4OS/c1-13-6-8-14(9-7-13)19-18-15(11-22(2,3)12-16(18)27)23-21-24-20(25-26(19)21)17-5-4-10-28-17/h4-10,19H,11-12H2,1-3H3,(H,23,24,25). The minimum atomic E-state index is -0.239. The number of ketones is 1. The van der Waals surface area contributed by atoms with Crippen molar-refractivity contribution in [2.24, 2.45) is 5.41 Å². The van der Waals surface area contributed by atoms with Crippen LogP contribution in [0.2, 0.25) is 0 Å². The number of allylic oxidation sites excluding steroid dienone is 2. The van der Waals surface area contributed by atoms with Gasteiger partial charge in [0.05, 0.1) is 4.88 Å². The number of anilines is 1. The van der Waals surface area contributed by atoms with Gasteiger partial charge in [-0.2, -0.15) is 4.98 Å². The lowest BCUT2D eigenvalue weighted by atomic mass is 9.73. The Hall–Kier alpha value is -2.73. The largest absolute Gasteiger partial charge is 0.328 e. The minimum Gasteiger partial charge on any atom is -0.328 e. The van der Waals surface area contributed by atoms with E-state index in [0.717, 1.165) is 28.1 Å².